The lowest BCUT2D eigenvalue weighted by Crippen LogP contribution is -2.19. The van der Waals surface area contributed by atoms with E-state index in [9.17, 15) is 19.5 Å². The number of pyridine rings is 1. The number of halogens is 1. The van der Waals surface area contributed by atoms with E-state index in [1.807, 2.05) is 0 Å². The van der Waals surface area contributed by atoms with E-state index < -0.39 is 22.8 Å². The maximum absolute atomic E-state index is 15.0. The molecule has 6 rings (SSSR count). The van der Waals surface area contributed by atoms with Gasteiger partial charge in [0.05, 0.1) is 10.9 Å². The van der Waals surface area contributed by atoms with Crippen LogP contribution >= 0.6 is 0 Å². The number of nitrogens with zero attached hydrogens (tertiary/aromatic N) is 3. The van der Waals surface area contributed by atoms with Crippen LogP contribution in [0.15, 0.2) is 41.3 Å². The molecule has 30 heavy (non-hydrogen) atoms. The molecule has 7 nitrogen and oxygen atoms in total. The first-order chi connectivity index (χ1) is 14.5. The van der Waals surface area contributed by atoms with Crippen LogP contribution in [0.25, 0.3) is 33.2 Å². The van der Waals surface area contributed by atoms with E-state index in [4.69, 9.17) is 0 Å². The molecule has 0 amide bonds. The van der Waals surface area contributed by atoms with Gasteiger partial charge in [0, 0.05) is 23.4 Å². The fourth-order valence-electron chi connectivity index (χ4n) is 4.15. The molecule has 2 aliphatic rings. The first-order valence-corrected chi connectivity index (χ1v) is 9.42. The first kappa shape index (κ1) is 17.0. The van der Waals surface area contributed by atoms with Crippen molar-refractivity contribution in [2.75, 3.05) is 0 Å². The van der Waals surface area contributed by atoms with Crippen LogP contribution < -0.4 is 5.43 Å². The Hall–Kier alpha value is -3.94. The zero-order valence-electron chi connectivity index (χ0n) is 15.3. The van der Waals surface area contributed by atoms with Gasteiger partial charge >= 0.3 is 5.97 Å². The van der Waals surface area contributed by atoms with E-state index in [1.54, 1.807) is 28.8 Å². The van der Waals surface area contributed by atoms with Crippen LogP contribution in [0, 0.1) is 5.82 Å². The molecule has 2 aromatic carbocycles. The number of rotatable bonds is 2. The summed E-state index contributed by atoms with van der Waals surface area (Å²) in [6.45, 7) is 0. The van der Waals surface area contributed by atoms with Crippen LogP contribution in [0.3, 0.4) is 0 Å². The van der Waals surface area contributed by atoms with Crippen molar-refractivity contribution >= 4 is 33.7 Å². The van der Waals surface area contributed by atoms with Gasteiger partial charge in [0.1, 0.15) is 28.0 Å². The number of benzene rings is 2. The minimum absolute atomic E-state index is 0.0113. The smallest absolute Gasteiger partial charge is 0.341 e. The highest BCUT2D eigenvalue weighted by Crippen LogP contribution is 2.40. The van der Waals surface area contributed by atoms with Crippen molar-refractivity contribution < 1.29 is 19.1 Å². The van der Waals surface area contributed by atoms with Crippen LogP contribution in [-0.2, 0) is 0 Å². The minimum atomic E-state index is -1.37. The van der Waals surface area contributed by atoms with Crippen molar-refractivity contribution in [1.29, 1.82) is 0 Å². The van der Waals surface area contributed by atoms with Crippen LogP contribution in [0.1, 0.15) is 45.3 Å². The van der Waals surface area contributed by atoms with Crippen molar-refractivity contribution in [1.82, 2.24) is 14.5 Å². The molecular formula is C22H12FN3O4. The Balaban J connectivity index is 1.79. The Morgan fingerprint density at radius 2 is 1.77 bits per heavy atom. The number of aromatic nitrogens is 3. The highest BCUT2D eigenvalue weighted by Gasteiger charge is 2.33. The molecule has 0 spiro atoms. The minimum Gasteiger partial charge on any atom is -0.477 e. The molecule has 1 saturated carbocycles. The SMILES string of the molecule is O=C1c2ccccc2-c2nc3c(F)cc4c(=O)c(C(=O)O)cn(C5CC5)c4c3nc21. The number of carbonyl (C=O) groups excluding carboxylic acids is 1. The predicted molar refractivity (Wildman–Crippen MR) is 105 cm³/mol. The number of carbonyl (C=O) groups is 2. The third-order valence-corrected chi connectivity index (χ3v) is 5.70. The molecule has 0 radical (unpaired) electrons. The van der Waals surface area contributed by atoms with E-state index >= 15 is 4.39 Å². The molecule has 0 saturated heterocycles. The monoisotopic (exact) mass is 401 g/mol. The number of fused-ring (bicyclic) bond motifs is 6. The molecular weight excluding hydrogens is 389 g/mol. The number of carboxylic acids is 1. The van der Waals surface area contributed by atoms with Crippen molar-refractivity contribution in [3.8, 4) is 11.3 Å². The summed E-state index contributed by atoms with van der Waals surface area (Å²) in [5.41, 5.74) is 0.582. The van der Waals surface area contributed by atoms with Crippen molar-refractivity contribution in [2.45, 2.75) is 18.9 Å². The summed E-state index contributed by atoms with van der Waals surface area (Å²) >= 11 is 0. The summed E-state index contributed by atoms with van der Waals surface area (Å²) in [7, 11) is 0. The summed E-state index contributed by atoms with van der Waals surface area (Å²) in [4.78, 5) is 46.0. The zero-order valence-corrected chi connectivity index (χ0v) is 15.3. The van der Waals surface area contributed by atoms with Gasteiger partial charge in [-0.2, -0.15) is 0 Å². The summed E-state index contributed by atoms with van der Waals surface area (Å²) < 4.78 is 16.7. The van der Waals surface area contributed by atoms with Gasteiger partial charge in [-0.25, -0.2) is 19.2 Å². The third kappa shape index (κ3) is 2.10. The molecule has 1 fully saturated rings. The molecule has 4 aromatic rings. The van der Waals surface area contributed by atoms with E-state index in [2.05, 4.69) is 9.97 Å². The molecule has 0 unspecified atom stereocenters. The second-order valence-corrected chi connectivity index (χ2v) is 7.56. The van der Waals surface area contributed by atoms with Gasteiger partial charge in [0.15, 0.2) is 5.82 Å². The molecule has 0 bridgehead atoms. The van der Waals surface area contributed by atoms with Crippen molar-refractivity contribution in [3.63, 3.8) is 0 Å². The van der Waals surface area contributed by atoms with Crippen molar-refractivity contribution in [2.24, 2.45) is 0 Å². The van der Waals surface area contributed by atoms with E-state index in [0.717, 1.165) is 18.9 Å². The van der Waals surface area contributed by atoms with Crippen LogP contribution in [0.2, 0.25) is 0 Å². The lowest BCUT2D eigenvalue weighted by atomic mass is 10.1. The highest BCUT2D eigenvalue weighted by atomic mass is 19.1. The maximum atomic E-state index is 15.0. The summed E-state index contributed by atoms with van der Waals surface area (Å²) in [6, 6.07) is 7.91. The molecule has 1 N–H and O–H groups in total. The average Bonchev–Trinajstić information content (AvgIpc) is 3.54. The van der Waals surface area contributed by atoms with E-state index in [1.165, 1.54) is 6.20 Å². The van der Waals surface area contributed by atoms with Gasteiger partial charge in [-0.15, -0.1) is 0 Å². The van der Waals surface area contributed by atoms with Gasteiger partial charge in [-0.3, -0.25) is 9.59 Å². The first-order valence-electron chi connectivity index (χ1n) is 9.42. The van der Waals surface area contributed by atoms with Crippen molar-refractivity contribution in [3.05, 3.63) is 69.4 Å². The molecule has 0 aliphatic heterocycles. The molecule has 2 aromatic heterocycles. The van der Waals surface area contributed by atoms with E-state index in [-0.39, 0.29) is 33.9 Å². The lowest BCUT2D eigenvalue weighted by molar-refractivity contribution is 0.0694. The third-order valence-electron chi connectivity index (χ3n) is 5.70. The normalized spacial score (nSPS) is 14.9. The number of aromatic carboxylic acids is 1. The summed E-state index contributed by atoms with van der Waals surface area (Å²) in [6.07, 6.45) is 2.89. The van der Waals surface area contributed by atoms with Gasteiger partial charge in [-0.1, -0.05) is 24.3 Å². The van der Waals surface area contributed by atoms with E-state index in [0.29, 0.717) is 22.3 Å². The Morgan fingerprint density at radius 3 is 2.47 bits per heavy atom. The Bertz CT molecular complexity index is 1540. The highest BCUT2D eigenvalue weighted by molar-refractivity contribution is 6.21. The molecule has 146 valence electrons. The van der Waals surface area contributed by atoms with Gasteiger partial charge < -0.3 is 9.67 Å². The number of ketones is 1. The van der Waals surface area contributed by atoms with Gasteiger partial charge in [-0.05, 0) is 18.9 Å². The number of carboxylic acid groups (broad SMARTS) is 1. The summed E-state index contributed by atoms with van der Waals surface area (Å²) in [5.74, 6) is -2.47. The predicted octanol–water partition coefficient (Wildman–Crippen LogP) is 3.33. The maximum Gasteiger partial charge on any atom is 0.341 e. The second-order valence-electron chi connectivity index (χ2n) is 7.56. The Labute approximate surface area is 167 Å². The fraction of sp³-hybridized carbons (Fsp3) is 0.136. The average molecular weight is 401 g/mol. The molecule has 2 heterocycles. The lowest BCUT2D eigenvalue weighted by Gasteiger charge is -2.14. The topological polar surface area (TPSA) is 102 Å². The standard InChI is InChI=1S/C22H12FN3O4/c23-14-7-12-19(26(9-5-6-9)8-13(20(12)27)22(29)30)17-16(14)24-15-10-3-1-2-4-11(10)21(28)18(15)25-17/h1-4,7-9H,5-6H2,(H,29,30). The zero-order chi connectivity index (χ0) is 20.7. The molecule has 2 aliphatic carbocycles. The second kappa shape index (κ2) is 5.56. The number of hydrogen-bond acceptors (Lipinski definition) is 5. The quantitative estimate of drug-likeness (QED) is 0.455. The largest absolute Gasteiger partial charge is 0.477 e. The van der Waals surface area contributed by atoms with Crippen LogP contribution in [-0.4, -0.2) is 31.4 Å². The van der Waals surface area contributed by atoms with Crippen LogP contribution in [0.5, 0.6) is 0 Å². The van der Waals surface area contributed by atoms with Gasteiger partial charge in [0.25, 0.3) is 0 Å². The molecule has 8 heteroatoms. The van der Waals surface area contributed by atoms with Crippen LogP contribution in [0.4, 0.5) is 4.39 Å². The Morgan fingerprint density at radius 1 is 1.07 bits per heavy atom. The van der Waals surface area contributed by atoms with Gasteiger partial charge in [0.2, 0.25) is 11.2 Å². The Kier molecular flexibility index (Phi) is 3.15. The fourth-order valence-corrected chi connectivity index (χ4v) is 4.15. The molecule has 0 atom stereocenters. The number of hydrogen-bond donors (Lipinski definition) is 1. The summed E-state index contributed by atoms with van der Waals surface area (Å²) in [5, 5.41) is 9.34.